The van der Waals surface area contributed by atoms with Crippen molar-refractivity contribution in [2.45, 2.75) is 31.9 Å². The van der Waals surface area contributed by atoms with Crippen LogP contribution >= 0.6 is 11.3 Å². The molecule has 4 nitrogen and oxygen atoms in total. The highest BCUT2D eigenvalue weighted by atomic mass is 32.1. The normalized spacial score (nSPS) is 10.5. The maximum absolute atomic E-state index is 13.6. The van der Waals surface area contributed by atoms with Gasteiger partial charge in [0.15, 0.2) is 5.01 Å². The molecule has 0 bridgehead atoms. The summed E-state index contributed by atoms with van der Waals surface area (Å²) in [6, 6.07) is 10.9. The molecule has 1 heterocycles. The molecule has 0 N–H and O–H groups in total. The van der Waals surface area contributed by atoms with Gasteiger partial charge in [-0.15, -0.1) is 11.3 Å². The molecule has 0 saturated carbocycles. The van der Waals surface area contributed by atoms with Gasteiger partial charge in [0, 0.05) is 34.3 Å². The summed E-state index contributed by atoms with van der Waals surface area (Å²) in [5.74, 6) is 11.2. The predicted octanol–water partition coefficient (Wildman–Crippen LogP) is 6.63. The second-order valence-electron chi connectivity index (χ2n) is 7.75. The number of halogens is 3. The summed E-state index contributed by atoms with van der Waals surface area (Å²) in [6.45, 7) is 4.28. The molecule has 0 radical (unpaired) electrons. The maximum atomic E-state index is 13.6. The molecule has 0 aliphatic heterocycles. The lowest BCUT2D eigenvalue weighted by molar-refractivity contribution is -0.138. The Morgan fingerprint density at radius 2 is 1.65 bits per heavy atom. The van der Waals surface area contributed by atoms with Crippen LogP contribution in [-0.2, 0) is 15.7 Å². The fourth-order valence-corrected chi connectivity index (χ4v) is 3.61. The number of esters is 1. The van der Waals surface area contributed by atoms with Gasteiger partial charge < -0.3 is 9.47 Å². The van der Waals surface area contributed by atoms with E-state index in [1.807, 2.05) is 0 Å². The number of alkyl halides is 3. The van der Waals surface area contributed by atoms with E-state index in [0.29, 0.717) is 29.5 Å². The van der Waals surface area contributed by atoms with E-state index in [1.54, 1.807) is 35.8 Å². The number of ether oxygens (including phenoxy) is 2. The van der Waals surface area contributed by atoms with E-state index in [2.05, 4.69) is 35.2 Å². The zero-order chi connectivity index (χ0) is 26.5. The quantitative estimate of drug-likeness (QED) is 0.137. The third-order valence-electron chi connectivity index (χ3n) is 4.99. The largest absolute Gasteiger partial charge is 0.494 e. The van der Waals surface area contributed by atoms with Crippen LogP contribution in [0.1, 0.15) is 52.9 Å². The fraction of sp³-hybridized carbons (Fsp3) is 0.241. The number of hydrogen-bond acceptors (Lipinski definition) is 5. The molecule has 2 aromatic carbocycles. The maximum Gasteiger partial charge on any atom is 0.417 e. The van der Waals surface area contributed by atoms with Crippen molar-refractivity contribution < 1.29 is 27.4 Å². The molecular formula is C29H24F3NO3S. The molecule has 3 rings (SSSR count). The van der Waals surface area contributed by atoms with Crippen LogP contribution < -0.4 is 4.74 Å². The first-order valence-corrected chi connectivity index (χ1v) is 12.4. The van der Waals surface area contributed by atoms with Gasteiger partial charge in [0.2, 0.25) is 0 Å². The minimum atomic E-state index is -4.55. The molecule has 0 aliphatic rings. The van der Waals surface area contributed by atoms with Gasteiger partial charge in [-0.3, -0.25) is 0 Å². The highest BCUT2D eigenvalue weighted by Crippen LogP contribution is 2.32. The average Bonchev–Trinajstić information content (AvgIpc) is 3.41. The summed E-state index contributed by atoms with van der Waals surface area (Å²) in [7, 11) is 0. The molecule has 8 heteroatoms. The topological polar surface area (TPSA) is 48.4 Å². The predicted molar refractivity (Wildman–Crippen MR) is 137 cm³/mol. The Morgan fingerprint density at radius 1 is 0.946 bits per heavy atom. The zero-order valence-corrected chi connectivity index (χ0v) is 20.8. The van der Waals surface area contributed by atoms with Crippen LogP contribution in [0, 0.1) is 23.7 Å². The van der Waals surface area contributed by atoms with Crippen LogP contribution in [0.5, 0.6) is 5.75 Å². The second-order valence-corrected chi connectivity index (χ2v) is 8.65. The van der Waals surface area contributed by atoms with E-state index in [4.69, 9.17) is 9.47 Å². The number of carbonyl (C=O) groups is 1. The first-order valence-electron chi connectivity index (χ1n) is 11.5. The molecule has 0 fully saturated rings. The fourth-order valence-electron chi connectivity index (χ4n) is 3.13. The third kappa shape index (κ3) is 9.51. The van der Waals surface area contributed by atoms with E-state index in [1.165, 1.54) is 23.5 Å². The number of nitrogens with zero attached hydrogens (tertiary/aromatic N) is 1. The highest BCUT2D eigenvalue weighted by Gasteiger charge is 2.33. The van der Waals surface area contributed by atoms with Gasteiger partial charge in [-0.2, -0.15) is 13.2 Å². The summed E-state index contributed by atoms with van der Waals surface area (Å²) in [5.41, 5.74) is -0.0508. The first-order chi connectivity index (χ1) is 17.8. The van der Waals surface area contributed by atoms with Crippen LogP contribution in [-0.4, -0.2) is 24.2 Å². The van der Waals surface area contributed by atoms with Gasteiger partial charge in [0.1, 0.15) is 5.75 Å². The molecule has 0 atom stereocenters. The van der Waals surface area contributed by atoms with Gasteiger partial charge in [0.25, 0.3) is 0 Å². The third-order valence-corrected chi connectivity index (χ3v) is 5.67. The minimum absolute atomic E-state index is 0.120. The molecule has 37 heavy (non-hydrogen) atoms. The standard InChI is InChI=1S/C29H24F3NO3S/c1-2-28(34)36-19-6-4-3-5-18-35-25-14-10-22(11-15-25)7-8-23-9-12-24(26(21-23)29(30,31)32)13-16-27-33-17-20-37-27/h2,9-12,14-15,17,20-21H,1,3-6,18-19H2. The van der Waals surface area contributed by atoms with Gasteiger partial charge in [-0.1, -0.05) is 24.3 Å². The summed E-state index contributed by atoms with van der Waals surface area (Å²) >= 11 is 1.26. The summed E-state index contributed by atoms with van der Waals surface area (Å²) in [5, 5.41) is 2.16. The van der Waals surface area contributed by atoms with E-state index < -0.39 is 17.7 Å². The molecule has 0 spiro atoms. The Morgan fingerprint density at radius 3 is 2.32 bits per heavy atom. The first kappa shape index (κ1) is 27.6. The Hall–Kier alpha value is -4.01. The Balaban J connectivity index is 1.52. The Kier molecular flexibility index (Phi) is 10.4. The summed E-state index contributed by atoms with van der Waals surface area (Å²) in [6.07, 6.45) is 1.67. The number of hydrogen-bond donors (Lipinski definition) is 0. The Labute approximate surface area is 218 Å². The lowest BCUT2D eigenvalue weighted by atomic mass is 10.0. The summed E-state index contributed by atoms with van der Waals surface area (Å²) in [4.78, 5) is 14.9. The zero-order valence-electron chi connectivity index (χ0n) is 19.9. The van der Waals surface area contributed by atoms with Crippen LogP contribution in [0.2, 0.25) is 0 Å². The average molecular weight is 524 g/mol. The molecule has 0 unspecified atom stereocenters. The molecule has 3 aromatic rings. The number of thiazole rings is 1. The minimum Gasteiger partial charge on any atom is -0.494 e. The van der Waals surface area contributed by atoms with Crippen molar-refractivity contribution in [3.8, 4) is 29.4 Å². The van der Waals surface area contributed by atoms with Crippen molar-refractivity contribution in [3.05, 3.63) is 94.0 Å². The molecular weight excluding hydrogens is 499 g/mol. The van der Waals surface area contributed by atoms with Gasteiger partial charge in [-0.25, -0.2) is 9.78 Å². The molecule has 190 valence electrons. The molecule has 1 aromatic heterocycles. The summed E-state index contributed by atoms with van der Waals surface area (Å²) < 4.78 is 51.4. The van der Waals surface area contributed by atoms with Crippen molar-refractivity contribution in [2.75, 3.05) is 13.2 Å². The van der Waals surface area contributed by atoms with Crippen molar-refractivity contribution in [2.24, 2.45) is 0 Å². The van der Waals surface area contributed by atoms with E-state index >= 15 is 0 Å². The SMILES string of the molecule is C=CC(=O)OCCCCCCOc1ccc(C#Cc2ccc(C#Cc3nccs3)c(C(F)(F)F)c2)cc1. The van der Waals surface area contributed by atoms with Crippen molar-refractivity contribution in [1.29, 1.82) is 0 Å². The van der Waals surface area contributed by atoms with Gasteiger partial charge >= 0.3 is 12.1 Å². The highest BCUT2D eigenvalue weighted by molar-refractivity contribution is 7.10. The number of rotatable bonds is 9. The van der Waals surface area contributed by atoms with Crippen molar-refractivity contribution >= 4 is 17.3 Å². The van der Waals surface area contributed by atoms with E-state index in [9.17, 15) is 18.0 Å². The van der Waals surface area contributed by atoms with Crippen LogP contribution in [0.4, 0.5) is 13.2 Å². The number of aromatic nitrogens is 1. The number of carbonyl (C=O) groups excluding carboxylic acids is 1. The van der Waals surface area contributed by atoms with Gasteiger partial charge in [-0.05, 0) is 74.1 Å². The number of benzene rings is 2. The van der Waals surface area contributed by atoms with Crippen LogP contribution in [0.25, 0.3) is 0 Å². The smallest absolute Gasteiger partial charge is 0.417 e. The van der Waals surface area contributed by atoms with Gasteiger partial charge in [0.05, 0.1) is 18.8 Å². The van der Waals surface area contributed by atoms with E-state index in [-0.39, 0.29) is 11.1 Å². The van der Waals surface area contributed by atoms with Crippen LogP contribution in [0.15, 0.2) is 66.7 Å². The van der Waals surface area contributed by atoms with Crippen LogP contribution in [0.3, 0.4) is 0 Å². The monoisotopic (exact) mass is 523 g/mol. The van der Waals surface area contributed by atoms with E-state index in [0.717, 1.165) is 37.8 Å². The Bertz CT molecular complexity index is 1310. The lowest BCUT2D eigenvalue weighted by Crippen LogP contribution is -2.08. The molecule has 0 saturated heterocycles. The molecule has 0 amide bonds. The lowest BCUT2D eigenvalue weighted by Gasteiger charge is -2.09. The second kappa shape index (κ2) is 13.9. The molecule has 0 aliphatic carbocycles. The number of unbranched alkanes of at least 4 members (excludes halogenated alkanes) is 3. The van der Waals surface area contributed by atoms with Crippen molar-refractivity contribution in [1.82, 2.24) is 4.98 Å². The van der Waals surface area contributed by atoms with Crippen molar-refractivity contribution in [3.63, 3.8) is 0 Å².